The predicted molar refractivity (Wildman–Crippen MR) is 72.8 cm³/mol. The van der Waals surface area contributed by atoms with Crippen molar-refractivity contribution >= 4 is 17.7 Å². The van der Waals surface area contributed by atoms with Crippen molar-refractivity contribution in [2.24, 2.45) is 5.41 Å². The van der Waals surface area contributed by atoms with Gasteiger partial charge in [-0.2, -0.15) is 0 Å². The van der Waals surface area contributed by atoms with E-state index in [0.29, 0.717) is 6.42 Å². The molecule has 0 aliphatic carbocycles. The number of aliphatic carboxylic acids is 1. The van der Waals surface area contributed by atoms with Gasteiger partial charge >= 0.3 is 5.97 Å². The van der Waals surface area contributed by atoms with Crippen LogP contribution in [-0.4, -0.2) is 26.8 Å². The monoisotopic (exact) mass is 268 g/mol. The Morgan fingerprint density at radius 1 is 1.44 bits per heavy atom. The number of rotatable bonds is 7. The SMILES string of the molecule is Cc1ccnc(SCCCCC(C)(C)C(=O)O)n1. The number of aryl methyl sites for hydroxylation is 1. The number of carbonyl (C=O) groups is 1. The minimum atomic E-state index is -0.725. The summed E-state index contributed by atoms with van der Waals surface area (Å²) in [6.45, 7) is 5.49. The molecule has 0 aromatic carbocycles. The average molecular weight is 268 g/mol. The van der Waals surface area contributed by atoms with Crippen molar-refractivity contribution in [3.63, 3.8) is 0 Å². The average Bonchev–Trinajstić information content (AvgIpc) is 2.28. The zero-order valence-electron chi connectivity index (χ0n) is 11.1. The van der Waals surface area contributed by atoms with Crippen molar-refractivity contribution in [2.45, 2.75) is 45.2 Å². The number of carboxylic acid groups (broad SMARTS) is 1. The Kier molecular flexibility index (Phi) is 5.59. The van der Waals surface area contributed by atoms with Crippen LogP contribution in [0.15, 0.2) is 17.4 Å². The fraction of sp³-hybridized carbons (Fsp3) is 0.615. The topological polar surface area (TPSA) is 63.1 Å². The van der Waals surface area contributed by atoms with E-state index in [1.807, 2.05) is 13.0 Å². The van der Waals surface area contributed by atoms with Crippen molar-refractivity contribution in [3.8, 4) is 0 Å². The normalized spacial score (nSPS) is 11.5. The van der Waals surface area contributed by atoms with E-state index in [-0.39, 0.29) is 0 Å². The first-order valence-electron chi connectivity index (χ1n) is 6.08. The lowest BCUT2D eigenvalue weighted by Crippen LogP contribution is -2.23. The molecule has 4 nitrogen and oxygen atoms in total. The van der Waals surface area contributed by atoms with Gasteiger partial charge in [0.15, 0.2) is 5.16 Å². The summed E-state index contributed by atoms with van der Waals surface area (Å²) in [7, 11) is 0. The van der Waals surface area contributed by atoms with Crippen LogP contribution in [0.1, 0.15) is 38.8 Å². The largest absolute Gasteiger partial charge is 0.481 e. The fourth-order valence-electron chi connectivity index (χ4n) is 1.43. The van der Waals surface area contributed by atoms with Crippen LogP contribution in [-0.2, 0) is 4.79 Å². The number of hydrogen-bond acceptors (Lipinski definition) is 4. The van der Waals surface area contributed by atoms with Crippen molar-refractivity contribution in [1.29, 1.82) is 0 Å². The number of thioether (sulfide) groups is 1. The van der Waals surface area contributed by atoms with Crippen molar-refractivity contribution < 1.29 is 9.90 Å². The van der Waals surface area contributed by atoms with Gasteiger partial charge in [-0.15, -0.1) is 0 Å². The third-order valence-corrected chi connectivity index (χ3v) is 3.73. The van der Waals surface area contributed by atoms with Gasteiger partial charge in [-0.1, -0.05) is 18.2 Å². The van der Waals surface area contributed by atoms with Gasteiger partial charge in [0.05, 0.1) is 5.41 Å². The van der Waals surface area contributed by atoms with E-state index in [2.05, 4.69) is 9.97 Å². The molecule has 0 amide bonds. The van der Waals surface area contributed by atoms with Crippen LogP contribution in [0.3, 0.4) is 0 Å². The van der Waals surface area contributed by atoms with Gasteiger partial charge in [0, 0.05) is 17.6 Å². The number of aromatic nitrogens is 2. The first-order valence-corrected chi connectivity index (χ1v) is 7.06. The molecule has 0 fully saturated rings. The summed E-state index contributed by atoms with van der Waals surface area (Å²) < 4.78 is 0. The van der Waals surface area contributed by atoms with Gasteiger partial charge < -0.3 is 5.11 Å². The molecule has 1 rings (SSSR count). The van der Waals surface area contributed by atoms with Crippen molar-refractivity contribution in [2.75, 3.05) is 5.75 Å². The molecule has 1 heterocycles. The molecule has 100 valence electrons. The van der Waals surface area contributed by atoms with Gasteiger partial charge in [-0.05, 0) is 39.7 Å². The van der Waals surface area contributed by atoms with E-state index < -0.39 is 11.4 Å². The molecule has 0 saturated heterocycles. The van der Waals surface area contributed by atoms with Crippen molar-refractivity contribution in [3.05, 3.63) is 18.0 Å². The van der Waals surface area contributed by atoms with Gasteiger partial charge in [0.2, 0.25) is 0 Å². The zero-order chi connectivity index (χ0) is 13.6. The third kappa shape index (κ3) is 5.04. The molecule has 0 bridgehead atoms. The summed E-state index contributed by atoms with van der Waals surface area (Å²) in [4.78, 5) is 19.4. The zero-order valence-corrected chi connectivity index (χ0v) is 12.0. The summed E-state index contributed by atoms with van der Waals surface area (Å²) in [6.07, 6.45) is 4.37. The standard InChI is InChI=1S/C13H20N2O2S/c1-10-6-8-14-12(15-10)18-9-5-4-7-13(2,3)11(16)17/h6,8H,4-5,7,9H2,1-3H3,(H,16,17). The Bertz CT molecular complexity index is 408. The molecule has 0 aliphatic rings. The van der Waals surface area contributed by atoms with Crippen molar-refractivity contribution in [1.82, 2.24) is 9.97 Å². The molecule has 0 spiro atoms. The highest BCUT2D eigenvalue weighted by Gasteiger charge is 2.25. The Morgan fingerprint density at radius 2 is 2.17 bits per heavy atom. The molecule has 0 atom stereocenters. The Hall–Kier alpha value is -1.10. The minimum Gasteiger partial charge on any atom is -0.481 e. The highest BCUT2D eigenvalue weighted by atomic mass is 32.2. The number of carboxylic acids is 1. The second kappa shape index (κ2) is 6.73. The van der Waals surface area contributed by atoms with E-state index in [1.165, 1.54) is 0 Å². The van der Waals surface area contributed by atoms with E-state index in [4.69, 9.17) is 5.11 Å². The van der Waals surface area contributed by atoms with Crippen LogP contribution in [0.2, 0.25) is 0 Å². The molecule has 1 aromatic rings. The summed E-state index contributed by atoms with van der Waals surface area (Å²) in [5, 5.41) is 9.78. The maximum absolute atomic E-state index is 10.9. The van der Waals surface area contributed by atoms with Gasteiger partial charge in [0.25, 0.3) is 0 Å². The van der Waals surface area contributed by atoms with Gasteiger partial charge in [0.1, 0.15) is 0 Å². The predicted octanol–water partition coefficient (Wildman–Crippen LogP) is 3.16. The lowest BCUT2D eigenvalue weighted by atomic mass is 9.88. The lowest BCUT2D eigenvalue weighted by Gasteiger charge is -2.18. The van der Waals surface area contributed by atoms with Gasteiger partial charge in [-0.25, -0.2) is 9.97 Å². The molecule has 18 heavy (non-hydrogen) atoms. The van der Waals surface area contributed by atoms with Crippen LogP contribution in [0.5, 0.6) is 0 Å². The third-order valence-electron chi connectivity index (χ3n) is 2.78. The quantitative estimate of drug-likeness (QED) is 0.467. The van der Waals surface area contributed by atoms with Crippen LogP contribution in [0.25, 0.3) is 0 Å². The lowest BCUT2D eigenvalue weighted by molar-refractivity contribution is -0.147. The highest BCUT2D eigenvalue weighted by molar-refractivity contribution is 7.99. The second-order valence-electron chi connectivity index (χ2n) is 4.98. The molecule has 0 saturated carbocycles. The second-order valence-corrected chi connectivity index (χ2v) is 6.04. The van der Waals surface area contributed by atoms with E-state index in [0.717, 1.165) is 29.4 Å². The Balaban J connectivity index is 2.22. The van der Waals surface area contributed by atoms with Gasteiger partial charge in [-0.3, -0.25) is 4.79 Å². The molecule has 1 N–H and O–H groups in total. The van der Waals surface area contributed by atoms with E-state index in [1.54, 1.807) is 31.8 Å². The molecular weight excluding hydrogens is 248 g/mol. The Morgan fingerprint density at radius 3 is 2.78 bits per heavy atom. The number of nitrogens with zero attached hydrogens (tertiary/aromatic N) is 2. The minimum absolute atomic E-state index is 0.621. The first-order chi connectivity index (χ1) is 8.42. The summed E-state index contributed by atoms with van der Waals surface area (Å²) in [6, 6.07) is 1.87. The fourth-order valence-corrected chi connectivity index (χ4v) is 2.31. The molecule has 5 heteroatoms. The molecule has 0 radical (unpaired) electrons. The summed E-state index contributed by atoms with van der Waals surface area (Å²) in [5.41, 5.74) is 0.351. The van der Waals surface area contributed by atoms with E-state index in [9.17, 15) is 4.79 Å². The summed E-state index contributed by atoms with van der Waals surface area (Å²) in [5.74, 6) is 0.205. The van der Waals surface area contributed by atoms with Crippen LogP contribution in [0, 0.1) is 12.3 Å². The number of hydrogen-bond donors (Lipinski definition) is 1. The van der Waals surface area contributed by atoms with E-state index >= 15 is 0 Å². The smallest absolute Gasteiger partial charge is 0.309 e. The van der Waals surface area contributed by atoms with Crippen LogP contribution in [0.4, 0.5) is 0 Å². The molecular formula is C13H20N2O2S. The molecule has 0 unspecified atom stereocenters. The number of unbranched alkanes of at least 4 members (excludes halogenated alkanes) is 1. The maximum atomic E-state index is 10.9. The van der Waals surface area contributed by atoms with Crippen LogP contribution < -0.4 is 0 Å². The Labute approximate surface area is 112 Å². The maximum Gasteiger partial charge on any atom is 0.309 e. The molecule has 0 aliphatic heterocycles. The summed E-state index contributed by atoms with van der Waals surface area (Å²) >= 11 is 1.62. The van der Waals surface area contributed by atoms with Crippen LogP contribution >= 0.6 is 11.8 Å². The first kappa shape index (κ1) is 15.0. The highest BCUT2D eigenvalue weighted by Crippen LogP contribution is 2.24. The molecule has 1 aromatic heterocycles.